The van der Waals surface area contributed by atoms with Crippen molar-refractivity contribution in [1.29, 1.82) is 0 Å². The Labute approximate surface area is 119 Å². The second-order valence-corrected chi connectivity index (χ2v) is 4.78. The highest BCUT2D eigenvalue weighted by Gasteiger charge is 2.27. The van der Waals surface area contributed by atoms with Crippen molar-refractivity contribution < 1.29 is 9.53 Å². The average Bonchev–Trinajstić information content (AvgIpc) is 3.23. The van der Waals surface area contributed by atoms with E-state index in [1.54, 1.807) is 6.92 Å². The molecule has 20 heavy (non-hydrogen) atoms. The number of aromatic nitrogens is 2. The number of hydrogen-bond donors (Lipinski definition) is 2. The molecule has 6 nitrogen and oxygen atoms in total. The van der Waals surface area contributed by atoms with Crippen LogP contribution in [-0.4, -0.2) is 35.6 Å². The summed E-state index contributed by atoms with van der Waals surface area (Å²) in [6.07, 6.45) is 2.67. The zero-order chi connectivity index (χ0) is 14.4. The van der Waals surface area contributed by atoms with Crippen LogP contribution >= 0.6 is 0 Å². The third kappa shape index (κ3) is 4.36. The highest BCUT2D eigenvalue weighted by atomic mass is 16.5. The molecule has 110 valence electrons. The second kappa shape index (κ2) is 7.07. The first kappa shape index (κ1) is 14.6. The molecule has 0 unspecified atom stereocenters. The second-order valence-electron chi connectivity index (χ2n) is 4.78. The van der Waals surface area contributed by atoms with Crippen LogP contribution in [0.3, 0.4) is 0 Å². The Kier molecular flexibility index (Phi) is 5.15. The van der Waals surface area contributed by atoms with Crippen LogP contribution in [-0.2, 0) is 9.53 Å². The van der Waals surface area contributed by atoms with Crippen molar-refractivity contribution in [3.63, 3.8) is 0 Å². The Morgan fingerprint density at radius 1 is 1.30 bits per heavy atom. The maximum absolute atomic E-state index is 11.3. The van der Waals surface area contributed by atoms with Gasteiger partial charge in [0.05, 0.1) is 13.0 Å². The van der Waals surface area contributed by atoms with Gasteiger partial charge in [0.2, 0.25) is 0 Å². The smallest absolute Gasteiger partial charge is 0.307 e. The number of carbonyl (C=O) groups excluding carboxylic acids is 1. The van der Waals surface area contributed by atoms with Gasteiger partial charge in [0.25, 0.3) is 0 Å². The van der Waals surface area contributed by atoms with Gasteiger partial charge in [-0.25, -0.2) is 9.97 Å². The molecule has 0 aliphatic heterocycles. The van der Waals surface area contributed by atoms with Gasteiger partial charge in [-0.2, -0.15) is 0 Å². The molecule has 0 bridgehead atoms. The highest BCUT2D eigenvalue weighted by molar-refractivity contribution is 5.70. The van der Waals surface area contributed by atoms with Crippen LogP contribution in [0, 0.1) is 0 Å². The van der Waals surface area contributed by atoms with Gasteiger partial charge >= 0.3 is 5.97 Å². The Hall–Kier alpha value is -1.85. The summed E-state index contributed by atoms with van der Waals surface area (Å²) < 4.78 is 4.89. The number of esters is 1. The van der Waals surface area contributed by atoms with Crippen molar-refractivity contribution in [1.82, 2.24) is 9.97 Å². The van der Waals surface area contributed by atoms with Crippen LogP contribution in [0.5, 0.6) is 0 Å². The molecule has 0 radical (unpaired) electrons. The third-order valence-electron chi connectivity index (χ3n) is 2.98. The molecular formula is C14H22N4O2. The first-order chi connectivity index (χ1) is 9.72. The average molecular weight is 278 g/mol. The topological polar surface area (TPSA) is 76.1 Å². The summed E-state index contributed by atoms with van der Waals surface area (Å²) in [5.74, 6) is 2.80. The van der Waals surface area contributed by atoms with Crippen LogP contribution in [0.15, 0.2) is 6.07 Å². The molecule has 1 aliphatic carbocycles. The van der Waals surface area contributed by atoms with Crippen LogP contribution in [0.2, 0.25) is 0 Å². The van der Waals surface area contributed by atoms with E-state index in [1.165, 1.54) is 0 Å². The Morgan fingerprint density at radius 3 is 2.60 bits per heavy atom. The fraction of sp³-hybridized carbons (Fsp3) is 0.643. The van der Waals surface area contributed by atoms with Gasteiger partial charge in [0.15, 0.2) is 0 Å². The van der Waals surface area contributed by atoms with E-state index in [2.05, 4.69) is 20.6 Å². The Bertz CT molecular complexity index is 460. The lowest BCUT2D eigenvalue weighted by Crippen LogP contribution is -2.13. The molecule has 0 spiro atoms. The molecule has 0 aromatic carbocycles. The fourth-order valence-electron chi connectivity index (χ4n) is 1.88. The van der Waals surface area contributed by atoms with E-state index < -0.39 is 0 Å². The van der Waals surface area contributed by atoms with Crippen molar-refractivity contribution in [2.75, 3.05) is 30.3 Å². The molecule has 1 aliphatic rings. The third-order valence-corrected chi connectivity index (χ3v) is 2.98. The largest absolute Gasteiger partial charge is 0.466 e. The summed E-state index contributed by atoms with van der Waals surface area (Å²) in [7, 11) is 0. The highest BCUT2D eigenvalue weighted by Crippen LogP contribution is 2.38. The number of carbonyl (C=O) groups is 1. The van der Waals surface area contributed by atoms with Gasteiger partial charge in [-0.15, -0.1) is 0 Å². The molecule has 6 heteroatoms. The maximum atomic E-state index is 11.3. The zero-order valence-electron chi connectivity index (χ0n) is 12.1. The summed E-state index contributed by atoms with van der Waals surface area (Å²) in [5.41, 5.74) is 0. The fourth-order valence-corrected chi connectivity index (χ4v) is 1.88. The SMILES string of the molecule is CCNc1cc(NCCC(=O)OCC)nc(C2CC2)n1. The van der Waals surface area contributed by atoms with Crippen LogP contribution < -0.4 is 10.6 Å². The zero-order valence-corrected chi connectivity index (χ0v) is 12.1. The van der Waals surface area contributed by atoms with Crippen LogP contribution in [0.4, 0.5) is 11.6 Å². The number of rotatable bonds is 8. The lowest BCUT2D eigenvalue weighted by molar-refractivity contribution is -0.142. The van der Waals surface area contributed by atoms with E-state index in [-0.39, 0.29) is 5.97 Å². The summed E-state index contributed by atoms with van der Waals surface area (Å²) in [6.45, 7) is 5.60. The first-order valence-electron chi connectivity index (χ1n) is 7.25. The molecular weight excluding hydrogens is 256 g/mol. The van der Waals surface area contributed by atoms with Crippen molar-refractivity contribution in [2.24, 2.45) is 0 Å². The normalized spacial score (nSPS) is 13.9. The van der Waals surface area contributed by atoms with Crippen molar-refractivity contribution >= 4 is 17.6 Å². The predicted octanol–water partition coefficient (Wildman–Crippen LogP) is 2.15. The molecule has 0 amide bonds. The molecule has 2 N–H and O–H groups in total. The van der Waals surface area contributed by atoms with Crippen molar-refractivity contribution in [3.8, 4) is 0 Å². The minimum atomic E-state index is -0.191. The number of ether oxygens (including phenoxy) is 1. The summed E-state index contributed by atoms with van der Waals surface area (Å²) in [4.78, 5) is 20.3. The predicted molar refractivity (Wildman–Crippen MR) is 77.9 cm³/mol. The number of nitrogens with one attached hydrogen (secondary N) is 2. The standard InChI is InChI=1S/C14H22N4O2/c1-3-15-11-9-12(16-8-7-13(19)20-4-2)18-14(17-11)10-5-6-10/h9-10H,3-8H2,1-2H3,(H2,15,16,17,18). The maximum Gasteiger partial charge on any atom is 0.307 e. The minimum Gasteiger partial charge on any atom is -0.466 e. The van der Waals surface area contributed by atoms with E-state index in [0.717, 1.165) is 36.8 Å². The summed E-state index contributed by atoms with van der Waals surface area (Å²) in [6, 6.07) is 1.88. The Morgan fingerprint density at radius 2 is 2.00 bits per heavy atom. The van der Waals surface area contributed by atoms with Gasteiger partial charge in [0.1, 0.15) is 17.5 Å². The molecule has 1 aromatic heterocycles. The van der Waals surface area contributed by atoms with E-state index in [0.29, 0.717) is 25.5 Å². The van der Waals surface area contributed by atoms with E-state index >= 15 is 0 Å². The Balaban J connectivity index is 1.93. The van der Waals surface area contributed by atoms with Gasteiger partial charge in [-0.05, 0) is 26.7 Å². The number of hydrogen-bond acceptors (Lipinski definition) is 6. The number of anilines is 2. The molecule has 0 atom stereocenters. The van der Waals surface area contributed by atoms with Crippen LogP contribution in [0.25, 0.3) is 0 Å². The van der Waals surface area contributed by atoms with Crippen LogP contribution in [0.1, 0.15) is 44.9 Å². The first-order valence-corrected chi connectivity index (χ1v) is 7.25. The lowest BCUT2D eigenvalue weighted by atomic mass is 10.3. The van der Waals surface area contributed by atoms with Gasteiger partial charge in [-0.1, -0.05) is 0 Å². The van der Waals surface area contributed by atoms with Gasteiger partial charge in [0, 0.05) is 25.1 Å². The van der Waals surface area contributed by atoms with E-state index in [1.807, 2.05) is 13.0 Å². The molecule has 1 aromatic rings. The summed E-state index contributed by atoms with van der Waals surface area (Å²) in [5, 5.41) is 6.37. The van der Waals surface area contributed by atoms with Gasteiger partial charge in [-0.3, -0.25) is 4.79 Å². The number of nitrogens with zero attached hydrogens (tertiary/aromatic N) is 2. The quantitative estimate of drug-likeness (QED) is 0.710. The van der Waals surface area contributed by atoms with E-state index in [9.17, 15) is 4.79 Å². The monoisotopic (exact) mass is 278 g/mol. The molecule has 1 fully saturated rings. The van der Waals surface area contributed by atoms with Crippen molar-refractivity contribution in [2.45, 2.75) is 39.0 Å². The molecule has 1 saturated carbocycles. The van der Waals surface area contributed by atoms with Gasteiger partial charge < -0.3 is 15.4 Å². The van der Waals surface area contributed by atoms with Crippen molar-refractivity contribution in [3.05, 3.63) is 11.9 Å². The lowest BCUT2D eigenvalue weighted by Gasteiger charge is -2.10. The van der Waals surface area contributed by atoms with E-state index in [4.69, 9.17) is 4.74 Å². The molecule has 1 heterocycles. The molecule has 2 rings (SSSR count). The summed E-state index contributed by atoms with van der Waals surface area (Å²) >= 11 is 0. The molecule has 0 saturated heterocycles. The minimum absolute atomic E-state index is 0.191.